The van der Waals surface area contributed by atoms with Gasteiger partial charge in [-0.1, -0.05) is 22.4 Å². The Morgan fingerprint density at radius 3 is 2.94 bits per heavy atom. The molecule has 0 radical (unpaired) electrons. The minimum atomic E-state index is -0.763. The van der Waals surface area contributed by atoms with Crippen molar-refractivity contribution < 1.29 is 9.90 Å². The van der Waals surface area contributed by atoms with Crippen molar-refractivity contribution in [3.63, 3.8) is 0 Å². The van der Waals surface area contributed by atoms with Gasteiger partial charge in [0.05, 0.1) is 17.2 Å². The first-order valence-corrected chi connectivity index (χ1v) is 6.60. The van der Waals surface area contributed by atoms with Gasteiger partial charge >= 0.3 is 5.97 Å². The van der Waals surface area contributed by atoms with Crippen LogP contribution in [0.25, 0.3) is 0 Å². The molecule has 18 heavy (non-hydrogen) atoms. The summed E-state index contributed by atoms with van der Waals surface area (Å²) in [5.74, 6) is -1.12. The highest BCUT2D eigenvalue weighted by Gasteiger charge is 2.33. The SMILES string of the molecule is N#Cc1cc(Br)ccc1NC1CCCC1C(=O)O. The Kier molecular flexibility index (Phi) is 3.87. The van der Waals surface area contributed by atoms with Crippen molar-refractivity contribution in [3.8, 4) is 6.07 Å². The zero-order valence-corrected chi connectivity index (χ0v) is 11.3. The molecule has 2 N–H and O–H groups in total. The molecule has 1 aromatic carbocycles. The first kappa shape index (κ1) is 12.9. The van der Waals surface area contributed by atoms with Gasteiger partial charge in [0, 0.05) is 10.5 Å². The summed E-state index contributed by atoms with van der Waals surface area (Å²) in [6.07, 6.45) is 2.44. The minimum absolute atomic E-state index is 0.0872. The van der Waals surface area contributed by atoms with E-state index in [0.717, 1.165) is 17.3 Å². The number of nitriles is 1. The number of carboxylic acid groups (broad SMARTS) is 1. The number of anilines is 1. The Morgan fingerprint density at radius 2 is 2.28 bits per heavy atom. The maximum Gasteiger partial charge on any atom is 0.308 e. The van der Waals surface area contributed by atoms with E-state index in [2.05, 4.69) is 27.3 Å². The minimum Gasteiger partial charge on any atom is -0.481 e. The van der Waals surface area contributed by atoms with Crippen molar-refractivity contribution >= 4 is 27.6 Å². The average Bonchev–Trinajstić information content (AvgIpc) is 2.79. The van der Waals surface area contributed by atoms with Crippen LogP contribution in [-0.4, -0.2) is 17.1 Å². The number of nitrogens with zero attached hydrogens (tertiary/aromatic N) is 1. The number of hydrogen-bond acceptors (Lipinski definition) is 3. The Labute approximate surface area is 114 Å². The van der Waals surface area contributed by atoms with Gasteiger partial charge in [0.1, 0.15) is 6.07 Å². The van der Waals surface area contributed by atoms with Crippen molar-refractivity contribution in [1.29, 1.82) is 5.26 Å². The van der Waals surface area contributed by atoms with Gasteiger partial charge in [0.15, 0.2) is 0 Å². The molecule has 2 unspecified atom stereocenters. The molecule has 1 aliphatic carbocycles. The summed E-state index contributed by atoms with van der Waals surface area (Å²) < 4.78 is 0.839. The third kappa shape index (κ3) is 2.65. The largest absolute Gasteiger partial charge is 0.481 e. The van der Waals surface area contributed by atoms with Crippen LogP contribution >= 0.6 is 15.9 Å². The summed E-state index contributed by atoms with van der Waals surface area (Å²) in [6.45, 7) is 0. The van der Waals surface area contributed by atoms with E-state index < -0.39 is 5.97 Å². The molecule has 1 saturated carbocycles. The van der Waals surface area contributed by atoms with Crippen LogP contribution in [0.4, 0.5) is 5.69 Å². The second-order valence-corrected chi connectivity index (χ2v) is 5.34. The van der Waals surface area contributed by atoms with E-state index >= 15 is 0 Å². The lowest BCUT2D eigenvalue weighted by atomic mass is 10.0. The second-order valence-electron chi connectivity index (χ2n) is 4.43. The number of carboxylic acids is 1. The van der Waals surface area contributed by atoms with E-state index in [-0.39, 0.29) is 12.0 Å². The van der Waals surface area contributed by atoms with Gasteiger partial charge in [-0.15, -0.1) is 0 Å². The lowest BCUT2D eigenvalue weighted by Crippen LogP contribution is -2.30. The lowest BCUT2D eigenvalue weighted by Gasteiger charge is -2.19. The summed E-state index contributed by atoms with van der Waals surface area (Å²) in [7, 11) is 0. The van der Waals surface area contributed by atoms with Crippen molar-refractivity contribution in [1.82, 2.24) is 0 Å². The number of halogens is 1. The zero-order valence-electron chi connectivity index (χ0n) is 9.69. The van der Waals surface area contributed by atoms with E-state index in [9.17, 15) is 4.79 Å². The molecule has 5 heteroatoms. The van der Waals surface area contributed by atoms with Crippen LogP contribution in [0.2, 0.25) is 0 Å². The van der Waals surface area contributed by atoms with E-state index in [1.165, 1.54) is 0 Å². The molecule has 1 fully saturated rings. The van der Waals surface area contributed by atoms with E-state index in [4.69, 9.17) is 10.4 Å². The first-order chi connectivity index (χ1) is 8.61. The molecule has 1 aromatic rings. The number of carbonyl (C=O) groups is 1. The van der Waals surface area contributed by atoms with Crippen LogP contribution in [-0.2, 0) is 4.79 Å². The number of aliphatic carboxylic acids is 1. The Hall–Kier alpha value is -1.54. The summed E-state index contributed by atoms with van der Waals surface area (Å²) in [5, 5.41) is 21.4. The molecule has 0 aliphatic heterocycles. The third-order valence-electron chi connectivity index (χ3n) is 3.28. The van der Waals surface area contributed by atoms with Gasteiger partial charge in [-0.3, -0.25) is 4.79 Å². The third-order valence-corrected chi connectivity index (χ3v) is 3.77. The van der Waals surface area contributed by atoms with Crippen molar-refractivity contribution in [3.05, 3.63) is 28.2 Å². The van der Waals surface area contributed by atoms with Crippen LogP contribution < -0.4 is 5.32 Å². The van der Waals surface area contributed by atoms with Gasteiger partial charge in [0.25, 0.3) is 0 Å². The van der Waals surface area contributed by atoms with Crippen LogP contribution in [0, 0.1) is 17.2 Å². The maximum atomic E-state index is 11.1. The van der Waals surface area contributed by atoms with Crippen LogP contribution in [0.3, 0.4) is 0 Å². The fourth-order valence-electron chi connectivity index (χ4n) is 2.36. The number of rotatable bonds is 3. The number of nitrogens with one attached hydrogen (secondary N) is 1. The standard InChI is InChI=1S/C13H13BrN2O2/c14-9-4-5-11(8(6-9)7-15)16-12-3-1-2-10(12)13(17)18/h4-6,10,12,16H,1-3H2,(H,17,18). The lowest BCUT2D eigenvalue weighted by molar-refractivity contribution is -0.141. The van der Waals surface area contributed by atoms with Gasteiger partial charge in [-0.2, -0.15) is 5.26 Å². The molecule has 2 rings (SSSR count). The van der Waals surface area contributed by atoms with Crippen LogP contribution in [0.1, 0.15) is 24.8 Å². The van der Waals surface area contributed by atoms with E-state index in [1.807, 2.05) is 6.07 Å². The molecule has 0 amide bonds. The summed E-state index contributed by atoms with van der Waals surface area (Å²) in [5.41, 5.74) is 1.24. The molecule has 0 spiro atoms. The summed E-state index contributed by atoms with van der Waals surface area (Å²) in [4.78, 5) is 11.1. The smallest absolute Gasteiger partial charge is 0.308 e. The van der Waals surface area contributed by atoms with Crippen molar-refractivity contribution in [2.45, 2.75) is 25.3 Å². The quantitative estimate of drug-likeness (QED) is 0.900. The molecule has 0 saturated heterocycles. The average molecular weight is 309 g/mol. The van der Waals surface area contributed by atoms with Crippen LogP contribution in [0.5, 0.6) is 0 Å². The molecular weight excluding hydrogens is 296 g/mol. The fraction of sp³-hybridized carbons (Fsp3) is 0.385. The zero-order chi connectivity index (χ0) is 13.1. The summed E-state index contributed by atoms with van der Waals surface area (Å²) in [6, 6.07) is 7.40. The second kappa shape index (κ2) is 5.40. The molecule has 0 bridgehead atoms. The highest BCUT2D eigenvalue weighted by molar-refractivity contribution is 9.10. The predicted molar refractivity (Wildman–Crippen MR) is 71.2 cm³/mol. The Bertz CT molecular complexity index is 510. The molecule has 4 nitrogen and oxygen atoms in total. The first-order valence-electron chi connectivity index (χ1n) is 5.81. The Balaban J connectivity index is 2.19. The van der Waals surface area contributed by atoms with Gasteiger partial charge < -0.3 is 10.4 Å². The van der Waals surface area contributed by atoms with Gasteiger partial charge in [-0.05, 0) is 31.0 Å². The predicted octanol–water partition coefficient (Wildman–Crippen LogP) is 2.99. The van der Waals surface area contributed by atoms with E-state index in [0.29, 0.717) is 17.7 Å². The highest BCUT2D eigenvalue weighted by Crippen LogP contribution is 2.30. The normalized spacial score (nSPS) is 22.4. The Morgan fingerprint density at radius 1 is 1.50 bits per heavy atom. The molecule has 1 aliphatic rings. The molecule has 0 aromatic heterocycles. The topological polar surface area (TPSA) is 73.1 Å². The summed E-state index contributed by atoms with van der Waals surface area (Å²) >= 11 is 3.31. The van der Waals surface area contributed by atoms with Gasteiger partial charge in [-0.25, -0.2) is 0 Å². The van der Waals surface area contributed by atoms with E-state index in [1.54, 1.807) is 12.1 Å². The highest BCUT2D eigenvalue weighted by atomic mass is 79.9. The van der Waals surface area contributed by atoms with Crippen molar-refractivity contribution in [2.24, 2.45) is 5.92 Å². The maximum absolute atomic E-state index is 11.1. The molecule has 0 heterocycles. The number of benzene rings is 1. The van der Waals surface area contributed by atoms with Crippen LogP contribution in [0.15, 0.2) is 22.7 Å². The molecule has 2 atom stereocenters. The monoisotopic (exact) mass is 308 g/mol. The molecule has 94 valence electrons. The van der Waals surface area contributed by atoms with Gasteiger partial charge in [0.2, 0.25) is 0 Å². The molecular formula is C13H13BrN2O2. The van der Waals surface area contributed by atoms with Crippen molar-refractivity contribution in [2.75, 3.05) is 5.32 Å². The fourth-order valence-corrected chi connectivity index (χ4v) is 2.72. The number of hydrogen-bond donors (Lipinski definition) is 2.